The number of anilines is 1. The zero-order chi connectivity index (χ0) is 28.9. The minimum Gasteiger partial charge on any atom is -0.379 e. The molecule has 4 rings (SSSR count). The number of amides is 1. The highest BCUT2D eigenvalue weighted by molar-refractivity contribution is 6.01. The largest absolute Gasteiger partial charge is 0.379 e. The molecule has 1 aliphatic rings. The van der Waals surface area contributed by atoms with E-state index in [1.807, 2.05) is 29.8 Å². The predicted octanol–water partition coefficient (Wildman–Crippen LogP) is 5.32. The third-order valence-electron chi connectivity index (χ3n) is 7.28. The molecule has 0 spiro atoms. The highest BCUT2D eigenvalue weighted by Gasteiger charge is 2.14. The van der Waals surface area contributed by atoms with Crippen LogP contribution >= 0.6 is 0 Å². The number of carbonyl (C=O) groups excluding carboxylic acids is 1. The first-order valence-electron chi connectivity index (χ1n) is 14.7. The Balaban J connectivity index is 1.30. The fourth-order valence-corrected chi connectivity index (χ4v) is 5.02. The Labute approximate surface area is 243 Å². The maximum atomic E-state index is 12.6. The van der Waals surface area contributed by atoms with Gasteiger partial charge in [-0.25, -0.2) is 0 Å². The summed E-state index contributed by atoms with van der Waals surface area (Å²) in [4.78, 5) is 15.1. The fourth-order valence-electron chi connectivity index (χ4n) is 5.02. The van der Waals surface area contributed by atoms with Crippen molar-refractivity contribution in [1.82, 2.24) is 9.88 Å². The zero-order valence-corrected chi connectivity index (χ0v) is 24.4. The van der Waals surface area contributed by atoms with Crippen LogP contribution in [0.5, 0.6) is 0 Å². The Hall–Kier alpha value is -3.64. The van der Waals surface area contributed by atoms with Crippen molar-refractivity contribution in [2.45, 2.75) is 32.6 Å². The van der Waals surface area contributed by atoms with E-state index in [9.17, 15) is 10.1 Å². The van der Waals surface area contributed by atoms with E-state index in [1.165, 1.54) is 35.7 Å². The highest BCUT2D eigenvalue weighted by Crippen LogP contribution is 2.30. The van der Waals surface area contributed by atoms with Crippen LogP contribution in [-0.4, -0.2) is 69.7 Å². The second-order valence-corrected chi connectivity index (χ2v) is 10.3. The van der Waals surface area contributed by atoms with Gasteiger partial charge in [-0.1, -0.05) is 25.1 Å². The van der Waals surface area contributed by atoms with Crippen LogP contribution in [0.3, 0.4) is 0 Å². The molecule has 41 heavy (non-hydrogen) atoms. The van der Waals surface area contributed by atoms with Gasteiger partial charge in [-0.2, -0.15) is 5.26 Å². The van der Waals surface area contributed by atoms with Crippen molar-refractivity contribution in [3.63, 3.8) is 0 Å². The van der Waals surface area contributed by atoms with E-state index in [1.54, 1.807) is 6.08 Å². The average Bonchev–Trinajstić information content (AvgIpc) is 3.37. The number of piperidine rings is 1. The summed E-state index contributed by atoms with van der Waals surface area (Å²) in [5.74, 6) is -0.418. The van der Waals surface area contributed by atoms with Crippen LogP contribution in [0.25, 0.3) is 28.1 Å². The lowest BCUT2D eigenvalue weighted by Gasteiger charge is -2.29. The monoisotopic (exact) mass is 558 g/mol. The predicted molar refractivity (Wildman–Crippen MR) is 164 cm³/mol. The van der Waals surface area contributed by atoms with Gasteiger partial charge in [0.05, 0.1) is 33.0 Å². The Morgan fingerprint density at radius 3 is 2.32 bits per heavy atom. The molecule has 218 valence electrons. The second kappa shape index (κ2) is 16.0. The van der Waals surface area contributed by atoms with Gasteiger partial charge in [0.2, 0.25) is 0 Å². The number of nitrogens with one attached hydrogen (secondary N) is 1. The minimum atomic E-state index is -0.418. The molecule has 1 aliphatic heterocycles. The van der Waals surface area contributed by atoms with Gasteiger partial charge in [0.15, 0.2) is 0 Å². The van der Waals surface area contributed by atoms with E-state index in [0.29, 0.717) is 39.6 Å². The number of carbonyl (C=O) groups is 1. The van der Waals surface area contributed by atoms with Crippen molar-refractivity contribution in [3.05, 3.63) is 59.8 Å². The Bertz CT molecular complexity index is 1350. The van der Waals surface area contributed by atoms with Gasteiger partial charge in [0.1, 0.15) is 11.6 Å². The van der Waals surface area contributed by atoms with Crippen molar-refractivity contribution in [1.29, 1.82) is 5.26 Å². The van der Waals surface area contributed by atoms with Crippen LogP contribution in [-0.2, 0) is 26.1 Å². The number of fused-ring (bicyclic) bond motifs is 1. The first-order chi connectivity index (χ1) is 20.1. The topological polar surface area (TPSA) is 88.8 Å². The van der Waals surface area contributed by atoms with Crippen molar-refractivity contribution in [2.24, 2.45) is 7.05 Å². The molecule has 0 aliphatic carbocycles. The van der Waals surface area contributed by atoms with E-state index in [0.717, 1.165) is 43.1 Å². The Kier molecular flexibility index (Phi) is 11.8. The fraction of sp³-hybridized carbons (Fsp3) is 0.455. The number of rotatable bonds is 15. The van der Waals surface area contributed by atoms with Crippen molar-refractivity contribution in [2.75, 3.05) is 64.2 Å². The molecule has 1 N–H and O–H groups in total. The van der Waals surface area contributed by atoms with Gasteiger partial charge >= 0.3 is 0 Å². The van der Waals surface area contributed by atoms with Crippen molar-refractivity contribution < 1.29 is 19.0 Å². The second-order valence-electron chi connectivity index (χ2n) is 10.3. The lowest BCUT2D eigenvalue weighted by Crippen LogP contribution is -2.29. The molecule has 1 saturated heterocycles. The van der Waals surface area contributed by atoms with Crippen LogP contribution in [0.15, 0.2) is 54.1 Å². The summed E-state index contributed by atoms with van der Waals surface area (Å²) in [6, 6.07) is 19.2. The number of nitrogens with zero attached hydrogens (tertiary/aromatic N) is 3. The van der Waals surface area contributed by atoms with E-state index >= 15 is 0 Å². The average molecular weight is 559 g/mol. The molecule has 1 aromatic heterocycles. The van der Waals surface area contributed by atoms with E-state index in [2.05, 4.69) is 53.5 Å². The highest BCUT2D eigenvalue weighted by atomic mass is 16.5. The van der Waals surface area contributed by atoms with Crippen LogP contribution in [0.1, 0.15) is 38.3 Å². The molecule has 0 radical (unpaired) electrons. The van der Waals surface area contributed by atoms with Crippen molar-refractivity contribution in [3.8, 4) is 17.3 Å². The minimum absolute atomic E-state index is 0.0527. The molecule has 0 bridgehead atoms. The molecule has 3 aromatic rings. The molecule has 8 nitrogen and oxygen atoms in total. The van der Waals surface area contributed by atoms with E-state index in [-0.39, 0.29) is 5.57 Å². The molecule has 8 heteroatoms. The summed E-state index contributed by atoms with van der Waals surface area (Å²) in [5.41, 5.74) is 4.23. The van der Waals surface area contributed by atoms with Gasteiger partial charge in [-0.3, -0.25) is 4.79 Å². The smallest absolute Gasteiger partial charge is 0.262 e. The number of nitriles is 1. The SMILES string of the molecule is CCCOCCOCCOCCNC(=O)/C(C#N)=C/c1ccc(-c2ccc3cc(N4CCCCC4)ccc3c2)n1C. The maximum Gasteiger partial charge on any atom is 0.262 e. The van der Waals surface area contributed by atoms with Crippen LogP contribution < -0.4 is 10.2 Å². The number of hydrogen-bond donors (Lipinski definition) is 1. The summed E-state index contributed by atoms with van der Waals surface area (Å²) < 4.78 is 18.3. The molecule has 1 fully saturated rings. The van der Waals surface area contributed by atoms with Gasteiger partial charge < -0.3 is 29.0 Å². The summed E-state index contributed by atoms with van der Waals surface area (Å²) in [7, 11) is 1.95. The van der Waals surface area contributed by atoms with Gasteiger partial charge in [-0.15, -0.1) is 0 Å². The van der Waals surface area contributed by atoms with Crippen LogP contribution in [0.2, 0.25) is 0 Å². The van der Waals surface area contributed by atoms with Gasteiger partial charge in [0.25, 0.3) is 5.91 Å². The van der Waals surface area contributed by atoms with Gasteiger partial charge in [0, 0.05) is 50.4 Å². The van der Waals surface area contributed by atoms with Crippen LogP contribution in [0, 0.1) is 11.3 Å². The molecule has 0 saturated carbocycles. The molecule has 2 heterocycles. The summed E-state index contributed by atoms with van der Waals surface area (Å²) in [6.07, 6.45) is 6.46. The zero-order valence-electron chi connectivity index (χ0n) is 24.4. The summed E-state index contributed by atoms with van der Waals surface area (Å²) >= 11 is 0. The van der Waals surface area contributed by atoms with Gasteiger partial charge in [-0.05, 0) is 78.4 Å². The number of benzene rings is 2. The third-order valence-corrected chi connectivity index (χ3v) is 7.28. The number of ether oxygens (including phenoxy) is 3. The summed E-state index contributed by atoms with van der Waals surface area (Å²) in [5, 5.41) is 14.8. The molecule has 1 amide bonds. The quantitative estimate of drug-likeness (QED) is 0.154. The first-order valence-corrected chi connectivity index (χ1v) is 14.7. The van der Waals surface area contributed by atoms with E-state index < -0.39 is 5.91 Å². The first kappa shape index (κ1) is 30.3. The lowest BCUT2D eigenvalue weighted by atomic mass is 10.0. The summed E-state index contributed by atoms with van der Waals surface area (Å²) in [6.45, 7) is 7.75. The van der Waals surface area contributed by atoms with Crippen molar-refractivity contribution >= 4 is 28.4 Å². The van der Waals surface area contributed by atoms with E-state index in [4.69, 9.17) is 14.2 Å². The molecule has 0 atom stereocenters. The third kappa shape index (κ3) is 8.67. The normalized spacial score (nSPS) is 13.9. The maximum absolute atomic E-state index is 12.6. The number of hydrogen-bond acceptors (Lipinski definition) is 6. The molecular formula is C33H42N4O4. The molecular weight excluding hydrogens is 516 g/mol. The molecule has 2 aromatic carbocycles. The Morgan fingerprint density at radius 1 is 0.902 bits per heavy atom. The Morgan fingerprint density at radius 2 is 1.59 bits per heavy atom. The molecule has 0 unspecified atom stereocenters. The standard InChI is InChI=1S/C33H42N4O4/c1-3-16-39-18-20-41-21-19-40-17-13-35-33(38)29(25-34)24-30-11-12-32(36(30)2)28-8-7-27-23-31(10-9-26(27)22-28)37-14-5-4-6-15-37/h7-12,22-24H,3-6,13-21H2,1-2H3,(H,35,38)/b29-24+. The number of aromatic nitrogens is 1. The van der Waals surface area contributed by atoms with Crippen LogP contribution in [0.4, 0.5) is 5.69 Å². The lowest BCUT2D eigenvalue weighted by molar-refractivity contribution is -0.117.